The summed E-state index contributed by atoms with van der Waals surface area (Å²) in [6, 6.07) is 0.680. The van der Waals surface area contributed by atoms with Gasteiger partial charge in [0.2, 0.25) is 0 Å². The second-order valence-corrected chi connectivity index (χ2v) is 7.05. The molecule has 5 heteroatoms. The molecule has 0 saturated carbocycles. The van der Waals surface area contributed by atoms with Gasteiger partial charge in [-0.25, -0.2) is 4.98 Å². The number of nitrogens with one attached hydrogen (secondary N) is 1. The van der Waals surface area contributed by atoms with Crippen LogP contribution in [0.4, 0.5) is 0 Å². The summed E-state index contributed by atoms with van der Waals surface area (Å²) in [6.45, 7) is 9.87. The van der Waals surface area contributed by atoms with E-state index < -0.39 is 0 Å². The van der Waals surface area contributed by atoms with E-state index in [1.165, 1.54) is 23.7 Å². The van der Waals surface area contributed by atoms with Crippen LogP contribution in [0.25, 0.3) is 0 Å². The molecule has 2 rings (SSSR count). The fourth-order valence-corrected chi connectivity index (χ4v) is 3.71. The van der Waals surface area contributed by atoms with Crippen LogP contribution < -0.4 is 5.32 Å². The molecule has 2 atom stereocenters. The first kappa shape index (κ1) is 15.9. The molecule has 0 aromatic carbocycles. The number of rotatable bonds is 7. The van der Waals surface area contributed by atoms with E-state index in [2.05, 4.69) is 48.4 Å². The molecule has 114 valence electrons. The van der Waals surface area contributed by atoms with Crippen LogP contribution in [-0.2, 0) is 13.1 Å². The van der Waals surface area contributed by atoms with Crippen molar-refractivity contribution in [3.05, 3.63) is 16.1 Å². The Bertz CT molecular complexity index is 404. The summed E-state index contributed by atoms with van der Waals surface area (Å²) in [5.41, 5.74) is 1.23. The molecule has 0 amide bonds. The van der Waals surface area contributed by atoms with Gasteiger partial charge in [0, 0.05) is 37.6 Å². The third-order valence-electron chi connectivity index (χ3n) is 4.00. The van der Waals surface area contributed by atoms with E-state index in [4.69, 9.17) is 4.98 Å². The van der Waals surface area contributed by atoms with Gasteiger partial charge in [0.15, 0.2) is 0 Å². The molecule has 1 fully saturated rings. The van der Waals surface area contributed by atoms with Gasteiger partial charge in [-0.05, 0) is 33.0 Å². The highest BCUT2D eigenvalue weighted by molar-refractivity contribution is 7.09. The Balaban J connectivity index is 1.82. The maximum absolute atomic E-state index is 4.74. The molecule has 0 spiro atoms. The lowest BCUT2D eigenvalue weighted by atomic mass is 10.1. The molecule has 2 unspecified atom stereocenters. The zero-order valence-electron chi connectivity index (χ0n) is 13.2. The first-order valence-corrected chi connectivity index (χ1v) is 8.51. The molecular formula is C15H28N4S. The van der Waals surface area contributed by atoms with Crippen molar-refractivity contribution in [3.63, 3.8) is 0 Å². The average Bonchev–Trinajstić information content (AvgIpc) is 2.97. The van der Waals surface area contributed by atoms with Crippen molar-refractivity contribution in [2.45, 2.75) is 39.4 Å². The third kappa shape index (κ3) is 4.25. The molecule has 1 N–H and O–H groups in total. The summed E-state index contributed by atoms with van der Waals surface area (Å²) in [7, 11) is 4.37. The summed E-state index contributed by atoms with van der Waals surface area (Å²) in [5.74, 6) is 0.745. The number of likely N-dealkylation sites (tertiary alicyclic amines) is 1. The van der Waals surface area contributed by atoms with Gasteiger partial charge >= 0.3 is 0 Å². The maximum Gasteiger partial charge on any atom is 0.107 e. The predicted octanol–water partition coefficient (Wildman–Crippen LogP) is 2.02. The zero-order chi connectivity index (χ0) is 14.5. The summed E-state index contributed by atoms with van der Waals surface area (Å²) < 4.78 is 0. The lowest BCUT2D eigenvalue weighted by Gasteiger charge is -2.22. The van der Waals surface area contributed by atoms with Gasteiger partial charge < -0.3 is 10.2 Å². The average molecular weight is 296 g/mol. The van der Waals surface area contributed by atoms with E-state index in [0.29, 0.717) is 6.04 Å². The molecule has 1 aromatic rings. The smallest absolute Gasteiger partial charge is 0.107 e. The van der Waals surface area contributed by atoms with Crippen LogP contribution in [0.2, 0.25) is 0 Å². The fourth-order valence-electron chi connectivity index (χ4n) is 2.95. The van der Waals surface area contributed by atoms with Crippen molar-refractivity contribution in [3.8, 4) is 0 Å². The van der Waals surface area contributed by atoms with Crippen molar-refractivity contribution in [1.82, 2.24) is 20.1 Å². The van der Waals surface area contributed by atoms with E-state index in [9.17, 15) is 0 Å². The second-order valence-electron chi connectivity index (χ2n) is 6.11. The highest BCUT2D eigenvalue weighted by atomic mass is 32.1. The van der Waals surface area contributed by atoms with Crippen LogP contribution in [0.1, 0.15) is 31.0 Å². The van der Waals surface area contributed by atoms with Gasteiger partial charge in [-0.3, -0.25) is 4.90 Å². The van der Waals surface area contributed by atoms with E-state index >= 15 is 0 Å². The van der Waals surface area contributed by atoms with Gasteiger partial charge in [0.1, 0.15) is 5.01 Å². The van der Waals surface area contributed by atoms with Gasteiger partial charge in [-0.2, -0.15) is 0 Å². The molecule has 1 aliphatic rings. The first-order chi connectivity index (χ1) is 9.60. The Morgan fingerprint density at radius 2 is 2.25 bits per heavy atom. The minimum atomic E-state index is 0.680. The SMILES string of the molecule is CCCNCc1nc(CN2CC(C)C(N(C)C)C2)cs1. The number of hydrogen-bond acceptors (Lipinski definition) is 5. The van der Waals surface area contributed by atoms with Crippen LogP contribution in [-0.4, -0.2) is 54.6 Å². The van der Waals surface area contributed by atoms with E-state index in [1.807, 2.05) is 0 Å². The van der Waals surface area contributed by atoms with Crippen LogP contribution in [0.5, 0.6) is 0 Å². The monoisotopic (exact) mass is 296 g/mol. The van der Waals surface area contributed by atoms with E-state index in [0.717, 1.165) is 32.1 Å². The lowest BCUT2D eigenvalue weighted by molar-refractivity contribution is 0.249. The molecule has 1 saturated heterocycles. The Morgan fingerprint density at radius 1 is 1.45 bits per heavy atom. The zero-order valence-corrected chi connectivity index (χ0v) is 14.0. The van der Waals surface area contributed by atoms with Crippen LogP contribution in [0, 0.1) is 5.92 Å². The molecule has 0 radical (unpaired) electrons. The third-order valence-corrected chi connectivity index (χ3v) is 4.90. The Labute approximate surface area is 127 Å². The largest absolute Gasteiger partial charge is 0.310 e. The number of hydrogen-bond donors (Lipinski definition) is 1. The van der Waals surface area contributed by atoms with Gasteiger partial charge in [0.05, 0.1) is 5.69 Å². The number of likely N-dealkylation sites (N-methyl/N-ethyl adjacent to an activating group) is 1. The summed E-state index contributed by atoms with van der Waals surface area (Å²) in [4.78, 5) is 9.63. The molecular weight excluding hydrogens is 268 g/mol. The standard InChI is InChI=1S/C15H28N4S/c1-5-6-16-7-15-17-13(11-20-15)9-19-8-12(2)14(10-19)18(3)4/h11-12,14,16H,5-10H2,1-4H3. The van der Waals surface area contributed by atoms with Crippen molar-refractivity contribution in [2.24, 2.45) is 5.92 Å². The van der Waals surface area contributed by atoms with Crippen LogP contribution in [0.15, 0.2) is 5.38 Å². The number of nitrogens with zero attached hydrogens (tertiary/aromatic N) is 3. The summed E-state index contributed by atoms with van der Waals surface area (Å²) in [5, 5.41) is 6.85. The Morgan fingerprint density at radius 3 is 2.90 bits per heavy atom. The quantitative estimate of drug-likeness (QED) is 0.780. The minimum Gasteiger partial charge on any atom is -0.310 e. The van der Waals surface area contributed by atoms with E-state index in [1.54, 1.807) is 11.3 Å². The molecule has 1 aromatic heterocycles. The fraction of sp³-hybridized carbons (Fsp3) is 0.800. The molecule has 2 heterocycles. The topological polar surface area (TPSA) is 31.4 Å². The van der Waals surface area contributed by atoms with Crippen molar-refractivity contribution >= 4 is 11.3 Å². The van der Waals surface area contributed by atoms with E-state index in [-0.39, 0.29) is 0 Å². The summed E-state index contributed by atoms with van der Waals surface area (Å²) in [6.07, 6.45) is 1.18. The maximum atomic E-state index is 4.74. The molecule has 4 nitrogen and oxygen atoms in total. The van der Waals surface area contributed by atoms with Crippen LogP contribution in [0.3, 0.4) is 0 Å². The van der Waals surface area contributed by atoms with Crippen molar-refractivity contribution in [2.75, 3.05) is 33.7 Å². The number of thiazole rings is 1. The predicted molar refractivity (Wildman–Crippen MR) is 86.0 cm³/mol. The van der Waals surface area contributed by atoms with Crippen LogP contribution >= 0.6 is 11.3 Å². The van der Waals surface area contributed by atoms with Gasteiger partial charge in [0.25, 0.3) is 0 Å². The van der Waals surface area contributed by atoms with Crippen molar-refractivity contribution < 1.29 is 0 Å². The second kappa shape index (κ2) is 7.50. The number of aromatic nitrogens is 1. The molecule has 0 aliphatic carbocycles. The van der Waals surface area contributed by atoms with Crippen molar-refractivity contribution in [1.29, 1.82) is 0 Å². The van der Waals surface area contributed by atoms with Gasteiger partial charge in [-0.1, -0.05) is 13.8 Å². The highest BCUT2D eigenvalue weighted by Gasteiger charge is 2.30. The molecule has 0 bridgehead atoms. The highest BCUT2D eigenvalue weighted by Crippen LogP contribution is 2.22. The Kier molecular flexibility index (Phi) is 5.96. The first-order valence-electron chi connectivity index (χ1n) is 7.63. The summed E-state index contributed by atoms with van der Waals surface area (Å²) >= 11 is 1.78. The molecule has 1 aliphatic heterocycles. The lowest BCUT2D eigenvalue weighted by Crippen LogP contribution is -2.34. The minimum absolute atomic E-state index is 0.680. The van der Waals surface area contributed by atoms with Gasteiger partial charge in [-0.15, -0.1) is 11.3 Å². The molecule has 20 heavy (non-hydrogen) atoms. The Hall–Kier alpha value is -0.490. The normalized spacial score (nSPS) is 23.9.